The summed E-state index contributed by atoms with van der Waals surface area (Å²) in [7, 11) is -2.91. The quantitative estimate of drug-likeness (QED) is 0.683. The molecule has 6 nitrogen and oxygen atoms in total. The molecule has 2 fully saturated rings. The van der Waals surface area contributed by atoms with Gasteiger partial charge in [-0.25, -0.2) is 13.4 Å². The molecule has 166 valence electrons. The molecule has 0 N–H and O–H groups in total. The number of hydrogen-bond acceptors (Lipinski definition) is 5. The molecule has 0 unspecified atom stereocenters. The lowest BCUT2D eigenvalue weighted by atomic mass is 9.71. The van der Waals surface area contributed by atoms with Crippen molar-refractivity contribution in [2.75, 3.05) is 42.6 Å². The van der Waals surface area contributed by atoms with Crippen LogP contribution < -0.4 is 4.90 Å². The number of sulfone groups is 1. The van der Waals surface area contributed by atoms with Gasteiger partial charge in [-0.3, -0.25) is 9.69 Å². The number of rotatable bonds is 5. The van der Waals surface area contributed by atoms with Crippen LogP contribution in [0.2, 0.25) is 5.02 Å². The predicted molar refractivity (Wildman–Crippen MR) is 123 cm³/mol. The predicted octanol–water partition coefficient (Wildman–Crippen LogP) is 3.23. The number of hydrogen-bond donors (Lipinski definition) is 0. The second-order valence-electron chi connectivity index (χ2n) is 8.66. The summed E-state index contributed by atoms with van der Waals surface area (Å²) in [6, 6.07) is 11.8. The summed E-state index contributed by atoms with van der Waals surface area (Å²) in [5.41, 5.74) is 1.95. The van der Waals surface area contributed by atoms with E-state index in [1.807, 2.05) is 31.2 Å². The molecule has 0 bridgehead atoms. The van der Waals surface area contributed by atoms with Crippen LogP contribution in [0.4, 0.5) is 5.82 Å². The normalized spacial score (nSPS) is 24.3. The van der Waals surface area contributed by atoms with Gasteiger partial charge in [0.1, 0.15) is 5.82 Å². The number of anilines is 1. The van der Waals surface area contributed by atoms with Crippen molar-refractivity contribution in [2.24, 2.45) is 0 Å². The number of aryl methyl sites for hydroxylation is 1. The van der Waals surface area contributed by atoms with Gasteiger partial charge < -0.3 is 4.90 Å². The third-order valence-electron chi connectivity index (χ3n) is 6.62. The summed E-state index contributed by atoms with van der Waals surface area (Å²) in [6.45, 7) is 4.49. The molecule has 8 heteroatoms. The van der Waals surface area contributed by atoms with Gasteiger partial charge in [-0.2, -0.15) is 0 Å². The molecule has 2 aromatic rings. The average Bonchev–Trinajstić information content (AvgIpc) is 2.77. The Morgan fingerprint density at radius 2 is 1.94 bits per heavy atom. The van der Waals surface area contributed by atoms with E-state index in [0.717, 1.165) is 30.0 Å². The number of piperidine rings is 1. The molecule has 0 saturated carbocycles. The molecule has 0 spiro atoms. The molecule has 1 atom stereocenters. The zero-order chi connectivity index (χ0) is 22.1. The molecular weight excluding hydrogens is 434 g/mol. The van der Waals surface area contributed by atoms with Crippen LogP contribution in [-0.4, -0.2) is 61.9 Å². The summed E-state index contributed by atoms with van der Waals surface area (Å²) < 4.78 is 23.6. The number of benzene rings is 1. The van der Waals surface area contributed by atoms with Gasteiger partial charge >= 0.3 is 0 Å². The van der Waals surface area contributed by atoms with Crippen LogP contribution in [-0.2, 0) is 20.0 Å². The number of aromatic nitrogens is 1. The first kappa shape index (κ1) is 22.2. The van der Waals surface area contributed by atoms with Crippen molar-refractivity contribution in [3.63, 3.8) is 0 Å². The Balaban J connectivity index is 1.62. The number of carbonyl (C=O) groups is 1. The molecule has 3 heterocycles. The minimum absolute atomic E-state index is 0.0871. The molecule has 1 aromatic carbocycles. The third-order valence-corrected chi connectivity index (χ3v) is 8.65. The summed E-state index contributed by atoms with van der Waals surface area (Å²) in [5.74, 6) is 1.20. The smallest absolute Gasteiger partial charge is 0.228 e. The molecule has 0 aliphatic carbocycles. The molecule has 1 amide bonds. The van der Waals surface area contributed by atoms with E-state index >= 15 is 0 Å². The molecule has 2 aliphatic rings. The first-order valence-electron chi connectivity index (χ1n) is 10.7. The summed E-state index contributed by atoms with van der Waals surface area (Å²) in [5, 5.41) is 0.730. The number of amides is 1. The zero-order valence-electron chi connectivity index (χ0n) is 17.8. The minimum Gasteiger partial charge on any atom is -0.301 e. The number of halogens is 1. The minimum atomic E-state index is -2.91. The lowest BCUT2D eigenvalue weighted by molar-refractivity contribution is -0.120. The van der Waals surface area contributed by atoms with E-state index in [1.54, 1.807) is 11.1 Å². The van der Waals surface area contributed by atoms with Crippen molar-refractivity contribution in [1.82, 2.24) is 9.88 Å². The van der Waals surface area contributed by atoms with Crippen LogP contribution in [0.15, 0.2) is 42.6 Å². The Hall–Kier alpha value is -1.96. The van der Waals surface area contributed by atoms with E-state index in [1.165, 1.54) is 5.56 Å². The standard InChI is InChI=1S/C23H28ClN3O3S/c1-18-16-19(5-6-20(18)24)23(9-11-26-12-14-31(29,30)15-13-26)8-7-22(28)27(17-23)21-4-2-3-10-25-21/h2-6,10,16H,7-9,11-15,17H2,1H3/t23-/m1/s1. The summed E-state index contributed by atoms with van der Waals surface area (Å²) in [4.78, 5) is 21.2. The molecule has 2 aliphatic heterocycles. The summed E-state index contributed by atoms with van der Waals surface area (Å²) >= 11 is 6.30. The third kappa shape index (κ3) is 4.94. The highest BCUT2D eigenvalue weighted by molar-refractivity contribution is 7.91. The van der Waals surface area contributed by atoms with Gasteiger partial charge in [-0.05, 0) is 55.6 Å². The van der Waals surface area contributed by atoms with Gasteiger partial charge in [0.2, 0.25) is 5.91 Å². The second kappa shape index (κ2) is 8.88. The first-order chi connectivity index (χ1) is 14.8. The van der Waals surface area contributed by atoms with Crippen molar-refractivity contribution in [3.05, 3.63) is 58.7 Å². The number of carbonyl (C=O) groups excluding carboxylic acids is 1. The van der Waals surface area contributed by atoms with Crippen molar-refractivity contribution >= 4 is 33.2 Å². The topological polar surface area (TPSA) is 70.6 Å². The Bertz CT molecular complexity index is 1050. The van der Waals surface area contributed by atoms with Crippen LogP contribution in [0, 0.1) is 6.92 Å². The van der Waals surface area contributed by atoms with Crippen LogP contribution in [0.5, 0.6) is 0 Å². The van der Waals surface area contributed by atoms with Crippen LogP contribution in [0.3, 0.4) is 0 Å². The highest BCUT2D eigenvalue weighted by atomic mass is 35.5. The van der Waals surface area contributed by atoms with Gasteiger partial charge in [-0.15, -0.1) is 0 Å². The highest BCUT2D eigenvalue weighted by Gasteiger charge is 2.41. The van der Waals surface area contributed by atoms with Gasteiger partial charge in [0.05, 0.1) is 11.5 Å². The van der Waals surface area contributed by atoms with E-state index in [-0.39, 0.29) is 22.8 Å². The average molecular weight is 462 g/mol. The molecule has 2 saturated heterocycles. The van der Waals surface area contributed by atoms with E-state index in [9.17, 15) is 13.2 Å². The lowest BCUT2D eigenvalue weighted by Crippen LogP contribution is -2.51. The van der Waals surface area contributed by atoms with Crippen LogP contribution >= 0.6 is 11.6 Å². The van der Waals surface area contributed by atoms with Crippen molar-refractivity contribution in [3.8, 4) is 0 Å². The van der Waals surface area contributed by atoms with Crippen molar-refractivity contribution < 1.29 is 13.2 Å². The van der Waals surface area contributed by atoms with Gasteiger partial charge in [0, 0.05) is 42.7 Å². The summed E-state index contributed by atoms with van der Waals surface area (Å²) in [6.07, 6.45) is 3.75. The van der Waals surface area contributed by atoms with Gasteiger partial charge in [-0.1, -0.05) is 29.8 Å². The lowest BCUT2D eigenvalue weighted by Gasteiger charge is -2.44. The molecule has 4 rings (SSSR count). The van der Waals surface area contributed by atoms with Gasteiger partial charge in [0.15, 0.2) is 9.84 Å². The fraction of sp³-hybridized carbons (Fsp3) is 0.478. The maximum Gasteiger partial charge on any atom is 0.228 e. The highest BCUT2D eigenvalue weighted by Crippen LogP contribution is 2.40. The second-order valence-corrected chi connectivity index (χ2v) is 11.4. The van der Waals surface area contributed by atoms with Gasteiger partial charge in [0.25, 0.3) is 0 Å². The Labute approximate surface area is 189 Å². The maximum atomic E-state index is 12.8. The van der Waals surface area contributed by atoms with E-state index in [2.05, 4.69) is 22.0 Å². The zero-order valence-corrected chi connectivity index (χ0v) is 19.3. The Morgan fingerprint density at radius 1 is 1.16 bits per heavy atom. The SMILES string of the molecule is Cc1cc([C@@]2(CCN3CCS(=O)(=O)CC3)CCC(=O)N(c3ccccn3)C2)ccc1Cl. The monoisotopic (exact) mass is 461 g/mol. The van der Waals surface area contributed by atoms with E-state index in [4.69, 9.17) is 11.6 Å². The van der Waals surface area contributed by atoms with Crippen molar-refractivity contribution in [1.29, 1.82) is 0 Å². The molecule has 1 aromatic heterocycles. The fourth-order valence-corrected chi connectivity index (χ4v) is 5.97. The van der Waals surface area contributed by atoms with E-state index in [0.29, 0.717) is 31.9 Å². The Morgan fingerprint density at radius 3 is 2.61 bits per heavy atom. The largest absolute Gasteiger partial charge is 0.301 e. The van der Waals surface area contributed by atoms with Crippen LogP contribution in [0.1, 0.15) is 30.4 Å². The van der Waals surface area contributed by atoms with Crippen LogP contribution in [0.25, 0.3) is 0 Å². The molecule has 0 radical (unpaired) electrons. The fourth-order valence-electron chi connectivity index (χ4n) is 4.58. The number of pyridine rings is 1. The molecular formula is C23H28ClN3O3S. The molecule has 31 heavy (non-hydrogen) atoms. The Kier molecular flexibility index (Phi) is 6.37. The van der Waals surface area contributed by atoms with Crippen molar-refractivity contribution in [2.45, 2.75) is 31.6 Å². The number of nitrogens with zero attached hydrogens (tertiary/aromatic N) is 3. The first-order valence-corrected chi connectivity index (χ1v) is 12.9. The maximum absolute atomic E-state index is 12.8. The van der Waals surface area contributed by atoms with E-state index < -0.39 is 9.84 Å².